The molecule has 1 saturated heterocycles. The van der Waals surface area contributed by atoms with Crippen LogP contribution < -0.4 is 5.32 Å². The van der Waals surface area contributed by atoms with Gasteiger partial charge >= 0.3 is 5.97 Å². The van der Waals surface area contributed by atoms with E-state index in [1.54, 1.807) is 30.5 Å². The predicted molar refractivity (Wildman–Crippen MR) is 78.1 cm³/mol. The number of nitrogens with one attached hydrogen (secondary N) is 1. The van der Waals surface area contributed by atoms with E-state index >= 15 is 0 Å². The van der Waals surface area contributed by atoms with E-state index in [-0.39, 0.29) is 11.6 Å². The number of carboxylic acid groups (broad SMARTS) is 1. The fraction of sp³-hybridized carbons (Fsp3) is 0.267. The van der Waals surface area contributed by atoms with E-state index in [9.17, 15) is 9.59 Å². The lowest BCUT2D eigenvalue weighted by atomic mass is 10.2. The number of carboxylic acids is 1. The van der Waals surface area contributed by atoms with Gasteiger partial charge in [0.05, 0.1) is 11.4 Å². The van der Waals surface area contributed by atoms with Gasteiger partial charge in [0.25, 0.3) is 5.91 Å². The van der Waals surface area contributed by atoms with Crippen molar-refractivity contribution in [2.75, 3.05) is 11.9 Å². The molecular formula is C15H15N3O4. The van der Waals surface area contributed by atoms with Gasteiger partial charge in [-0.1, -0.05) is 12.1 Å². The van der Waals surface area contributed by atoms with E-state index in [2.05, 4.69) is 10.4 Å². The molecule has 22 heavy (non-hydrogen) atoms. The number of anilines is 1. The molecule has 0 aliphatic carbocycles. The monoisotopic (exact) mass is 301 g/mol. The first-order chi connectivity index (χ1) is 10.6. The van der Waals surface area contributed by atoms with Crippen molar-refractivity contribution in [2.45, 2.75) is 18.9 Å². The Morgan fingerprint density at radius 3 is 2.82 bits per heavy atom. The molecule has 2 N–H and O–H groups in total. The van der Waals surface area contributed by atoms with Crippen LogP contribution in [-0.2, 0) is 9.53 Å². The van der Waals surface area contributed by atoms with Crippen LogP contribution >= 0.6 is 0 Å². The van der Waals surface area contributed by atoms with Crippen LogP contribution in [0.4, 0.5) is 5.69 Å². The Morgan fingerprint density at radius 1 is 1.32 bits per heavy atom. The van der Waals surface area contributed by atoms with Gasteiger partial charge in [-0.25, -0.2) is 9.48 Å². The molecule has 0 spiro atoms. The Bertz CT molecular complexity index is 704. The van der Waals surface area contributed by atoms with Gasteiger partial charge in [-0.2, -0.15) is 5.10 Å². The summed E-state index contributed by atoms with van der Waals surface area (Å²) in [7, 11) is 0. The molecule has 0 saturated carbocycles. The number of hydrogen-bond donors (Lipinski definition) is 2. The number of aromatic carboxylic acids is 1. The fourth-order valence-electron chi connectivity index (χ4n) is 2.35. The van der Waals surface area contributed by atoms with Gasteiger partial charge in [0.2, 0.25) is 0 Å². The van der Waals surface area contributed by atoms with Gasteiger partial charge in [0.1, 0.15) is 6.10 Å². The van der Waals surface area contributed by atoms with Gasteiger partial charge in [-0.15, -0.1) is 0 Å². The Balaban J connectivity index is 1.85. The fourth-order valence-corrected chi connectivity index (χ4v) is 2.35. The van der Waals surface area contributed by atoms with Crippen molar-refractivity contribution >= 4 is 17.6 Å². The van der Waals surface area contributed by atoms with E-state index in [1.165, 1.54) is 10.7 Å². The highest BCUT2D eigenvalue weighted by molar-refractivity contribution is 5.96. The number of nitrogens with zero attached hydrogens (tertiary/aromatic N) is 2. The SMILES string of the molecule is O=C(O)c1ccn(-c2ccccc2NC(=O)C2CCCO2)n1. The number of para-hydroxylation sites is 2. The largest absolute Gasteiger partial charge is 0.476 e. The number of aromatic nitrogens is 2. The highest BCUT2D eigenvalue weighted by atomic mass is 16.5. The normalized spacial score (nSPS) is 17.4. The van der Waals surface area contributed by atoms with Gasteiger partial charge in [0.15, 0.2) is 5.69 Å². The molecule has 2 aromatic rings. The lowest BCUT2D eigenvalue weighted by molar-refractivity contribution is -0.124. The molecule has 1 aliphatic heterocycles. The molecular weight excluding hydrogens is 286 g/mol. The number of carbonyl (C=O) groups is 2. The van der Waals surface area contributed by atoms with Crippen LogP contribution in [0.2, 0.25) is 0 Å². The second-order valence-electron chi connectivity index (χ2n) is 4.96. The molecule has 7 nitrogen and oxygen atoms in total. The number of rotatable bonds is 4. The third-order valence-electron chi connectivity index (χ3n) is 3.44. The molecule has 1 aromatic heterocycles. The maximum atomic E-state index is 12.2. The maximum absolute atomic E-state index is 12.2. The Morgan fingerprint density at radius 2 is 2.14 bits per heavy atom. The molecule has 1 aliphatic rings. The molecule has 2 heterocycles. The van der Waals surface area contributed by atoms with Gasteiger partial charge in [-0.3, -0.25) is 4.79 Å². The van der Waals surface area contributed by atoms with Gasteiger partial charge < -0.3 is 15.2 Å². The van der Waals surface area contributed by atoms with Crippen LogP contribution in [0.1, 0.15) is 23.3 Å². The molecule has 114 valence electrons. The quantitative estimate of drug-likeness (QED) is 0.896. The number of carbonyl (C=O) groups excluding carboxylic acids is 1. The Hall–Kier alpha value is -2.67. The van der Waals surface area contributed by atoms with E-state index in [1.807, 2.05) is 0 Å². The third kappa shape index (κ3) is 2.84. The lowest BCUT2D eigenvalue weighted by Crippen LogP contribution is -2.27. The van der Waals surface area contributed by atoms with E-state index < -0.39 is 12.1 Å². The summed E-state index contributed by atoms with van der Waals surface area (Å²) in [6.45, 7) is 0.598. The summed E-state index contributed by atoms with van der Waals surface area (Å²) in [5.41, 5.74) is 1.10. The number of benzene rings is 1. The average molecular weight is 301 g/mol. The number of amides is 1. The number of ether oxygens (including phenoxy) is 1. The molecule has 1 atom stereocenters. The minimum atomic E-state index is -1.10. The van der Waals surface area contributed by atoms with E-state index in [0.29, 0.717) is 24.4 Å². The van der Waals surface area contributed by atoms with Crippen molar-refractivity contribution < 1.29 is 19.4 Å². The topological polar surface area (TPSA) is 93.5 Å². The summed E-state index contributed by atoms with van der Waals surface area (Å²) >= 11 is 0. The first-order valence-corrected chi connectivity index (χ1v) is 6.96. The molecule has 0 radical (unpaired) electrons. The van der Waals surface area contributed by atoms with E-state index in [4.69, 9.17) is 9.84 Å². The Kier molecular flexibility index (Phi) is 3.88. The predicted octanol–water partition coefficient (Wildman–Crippen LogP) is 1.69. The smallest absolute Gasteiger partial charge is 0.356 e. The Labute approximate surface area is 126 Å². The first kappa shape index (κ1) is 14.3. The summed E-state index contributed by atoms with van der Waals surface area (Å²) in [4.78, 5) is 23.1. The van der Waals surface area contributed by atoms with Gasteiger partial charge in [0, 0.05) is 12.8 Å². The van der Waals surface area contributed by atoms with Crippen molar-refractivity contribution in [1.29, 1.82) is 0 Å². The zero-order valence-corrected chi connectivity index (χ0v) is 11.7. The van der Waals surface area contributed by atoms with Crippen LogP contribution in [0.3, 0.4) is 0 Å². The van der Waals surface area contributed by atoms with Crippen LogP contribution in [0.5, 0.6) is 0 Å². The molecule has 0 bridgehead atoms. The minimum absolute atomic E-state index is 0.0553. The van der Waals surface area contributed by atoms with Crippen molar-refractivity contribution in [2.24, 2.45) is 0 Å². The maximum Gasteiger partial charge on any atom is 0.356 e. The first-order valence-electron chi connectivity index (χ1n) is 6.96. The zero-order valence-electron chi connectivity index (χ0n) is 11.7. The summed E-state index contributed by atoms with van der Waals surface area (Å²) in [5, 5.41) is 15.7. The molecule has 1 fully saturated rings. The average Bonchev–Trinajstić information content (AvgIpc) is 3.19. The lowest BCUT2D eigenvalue weighted by Gasteiger charge is -2.13. The third-order valence-corrected chi connectivity index (χ3v) is 3.44. The molecule has 1 aromatic carbocycles. The summed E-state index contributed by atoms with van der Waals surface area (Å²) in [6, 6.07) is 8.48. The molecule has 1 amide bonds. The molecule has 7 heteroatoms. The van der Waals surface area contributed by atoms with Crippen LogP contribution in [-0.4, -0.2) is 39.5 Å². The van der Waals surface area contributed by atoms with Crippen molar-refractivity contribution in [3.8, 4) is 5.69 Å². The standard InChI is InChI=1S/C15H15N3O4/c19-14(13-6-3-9-22-13)16-10-4-1-2-5-12(10)18-8-7-11(17-18)15(20)21/h1-2,4-5,7-8,13H,3,6,9H2,(H,16,19)(H,20,21). The van der Waals surface area contributed by atoms with Gasteiger partial charge in [-0.05, 0) is 31.0 Å². The summed E-state index contributed by atoms with van der Waals surface area (Å²) in [6.07, 6.45) is 2.69. The van der Waals surface area contributed by atoms with Crippen LogP contribution in [0, 0.1) is 0 Å². The van der Waals surface area contributed by atoms with Crippen molar-refractivity contribution in [3.63, 3.8) is 0 Å². The summed E-state index contributed by atoms with van der Waals surface area (Å²) in [5.74, 6) is -1.30. The second kappa shape index (κ2) is 5.98. The van der Waals surface area contributed by atoms with E-state index in [0.717, 1.165) is 6.42 Å². The van der Waals surface area contributed by atoms with Crippen LogP contribution in [0.25, 0.3) is 5.69 Å². The minimum Gasteiger partial charge on any atom is -0.476 e. The summed E-state index contributed by atoms with van der Waals surface area (Å²) < 4.78 is 6.78. The van der Waals surface area contributed by atoms with Crippen molar-refractivity contribution in [3.05, 3.63) is 42.2 Å². The molecule has 1 unspecified atom stereocenters. The number of hydrogen-bond acceptors (Lipinski definition) is 4. The highest BCUT2D eigenvalue weighted by Gasteiger charge is 2.24. The molecule has 3 rings (SSSR count). The zero-order chi connectivity index (χ0) is 15.5. The second-order valence-corrected chi connectivity index (χ2v) is 4.96. The van der Waals surface area contributed by atoms with Crippen LogP contribution in [0.15, 0.2) is 36.5 Å². The van der Waals surface area contributed by atoms with Crippen molar-refractivity contribution in [1.82, 2.24) is 9.78 Å². The highest BCUT2D eigenvalue weighted by Crippen LogP contribution is 2.21.